The van der Waals surface area contributed by atoms with Gasteiger partial charge in [-0.2, -0.15) is 0 Å². The molecule has 0 fully saturated rings. The fraction of sp³-hybridized carbons (Fsp3) is 0.250. The van der Waals surface area contributed by atoms with Crippen LogP contribution in [0, 0.1) is 17.5 Å². The molecule has 0 bridgehead atoms. The number of halogens is 3. The van der Waals surface area contributed by atoms with E-state index in [4.69, 9.17) is 0 Å². The molecule has 0 unspecified atom stereocenters. The predicted molar refractivity (Wildman–Crippen MR) is 77.1 cm³/mol. The van der Waals surface area contributed by atoms with Crippen LogP contribution >= 0.6 is 0 Å². The molecule has 5 heteroatoms. The molecule has 0 amide bonds. The fourth-order valence-corrected chi connectivity index (χ4v) is 2.59. The summed E-state index contributed by atoms with van der Waals surface area (Å²) in [7, 11) is 2.04. The Morgan fingerprint density at radius 2 is 1.81 bits per heavy atom. The van der Waals surface area contributed by atoms with Crippen molar-refractivity contribution in [1.29, 1.82) is 0 Å². The van der Waals surface area contributed by atoms with Gasteiger partial charge in [-0.05, 0) is 23.6 Å². The lowest BCUT2D eigenvalue weighted by atomic mass is 10.1. The number of nitrogens with one attached hydrogen (secondary N) is 1. The van der Waals surface area contributed by atoms with E-state index >= 15 is 0 Å². The molecule has 2 nitrogen and oxygen atoms in total. The monoisotopic (exact) mass is 292 g/mol. The van der Waals surface area contributed by atoms with Gasteiger partial charge in [-0.3, -0.25) is 0 Å². The Kier molecular flexibility index (Phi) is 3.49. The predicted octanol–water partition coefficient (Wildman–Crippen LogP) is 3.71. The van der Waals surface area contributed by atoms with E-state index in [0.29, 0.717) is 12.6 Å². The zero-order valence-corrected chi connectivity index (χ0v) is 11.6. The van der Waals surface area contributed by atoms with Crippen molar-refractivity contribution in [1.82, 2.24) is 0 Å². The van der Waals surface area contributed by atoms with E-state index in [0.717, 1.165) is 24.6 Å². The van der Waals surface area contributed by atoms with Gasteiger partial charge in [-0.25, -0.2) is 13.2 Å². The van der Waals surface area contributed by atoms with E-state index in [1.54, 1.807) is 0 Å². The Morgan fingerprint density at radius 1 is 1.05 bits per heavy atom. The summed E-state index contributed by atoms with van der Waals surface area (Å²) in [5, 5.41) is 2.80. The van der Waals surface area contributed by atoms with Crippen LogP contribution in [0.5, 0.6) is 0 Å². The smallest absolute Gasteiger partial charge is 0.161 e. The first kappa shape index (κ1) is 13.8. The summed E-state index contributed by atoms with van der Waals surface area (Å²) in [5.41, 5.74) is 3.40. The Hall–Kier alpha value is -2.17. The van der Waals surface area contributed by atoms with Crippen LogP contribution in [-0.4, -0.2) is 13.6 Å². The molecule has 0 radical (unpaired) electrons. The van der Waals surface area contributed by atoms with Crippen LogP contribution in [0.3, 0.4) is 0 Å². The van der Waals surface area contributed by atoms with Crippen molar-refractivity contribution in [3.63, 3.8) is 0 Å². The van der Waals surface area contributed by atoms with Crippen molar-refractivity contribution >= 4 is 11.4 Å². The van der Waals surface area contributed by atoms with Crippen molar-refractivity contribution in [2.24, 2.45) is 0 Å². The summed E-state index contributed by atoms with van der Waals surface area (Å²) in [5.74, 6) is -3.04. The van der Waals surface area contributed by atoms with Crippen molar-refractivity contribution in [3.05, 3.63) is 58.9 Å². The maximum absolute atomic E-state index is 13.5. The molecule has 1 N–H and O–H groups in total. The van der Waals surface area contributed by atoms with Gasteiger partial charge in [0.15, 0.2) is 11.6 Å². The summed E-state index contributed by atoms with van der Waals surface area (Å²) in [6.07, 6.45) is 0.985. The summed E-state index contributed by atoms with van der Waals surface area (Å²) in [6.45, 7) is 1.35. The van der Waals surface area contributed by atoms with Gasteiger partial charge in [-0.15, -0.1) is 0 Å². The Bertz CT molecular complexity index is 685. The molecule has 0 atom stereocenters. The average molecular weight is 292 g/mol. The molecular weight excluding hydrogens is 277 g/mol. The molecule has 1 aliphatic heterocycles. The van der Waals surface area contributed by atoms with E-state index in [2.05, 4.69) is 16.3 Å². The summed E-state index contributed by atoms with van der Waals surface area (Å²) in [4.78, 5) is 2.18. The lowest BCUT2D eigenvalue weighted by Gasteiger charge is -2.13. The Morgan fingerprint density at radius 3 is 2.62 bits per heavy atom. The van der Waals surface area contributed by atoms with Gasteiger partial charge in [0.1, 0.15) is 5.82 Å². The number of hydrogen-bond donors (Lipinski definition) is 1. The number of fused-ring (bicyclic) bond motifs is 1. The van der Waals surface area contributed by atoms with Gasteiger partial charge >= 0.3 is 0 Å². The molecule has 1 aliphatic rings. The standard InChI is InChI=1S/C16H15F3N2/c1-21-5-4-11-6-10(2-3-16(11)21)9-20-15-8-13(18)12(17)7-14(15)19/h2-3,6-8,20H,4-5,9H2,1H3. The molecular formula is C16H15F3N2. The molecule has 1 heterocycles. The first-order chi connectivity index (χ1) is 10.0. The highest BCUT2D eigenvalue weighted by Gasteiger charge is 2.15. The quantitative estimate of drug-likeness (QED) is 0.868. The zero-order chi connectivity index (χ0) is 15.0. The van der Waals surface area contributed by atoms with Gasteiger partial charge in [0.2, 0.25) is 0 Å². The molecule has 2 aromatic carbocycles. The Balaban J connectivity index is 1.75. The van der Waals surface area contributed by atoms with Crippen LogP contribution < -0.4 is 10.2 Å². The van der Waals surface area contributed by atoms with E-state index in [1.165, 1.54) is 11.3 Å². The van der Waals surface area contributed by atoms with Gasteiger partial charge in [0.25, 0.3) is 0 Å². The summed E-state index contributed by atoms with van der Waals surface area (Å²) < 4.78 is 39.5. The first-order valence-electron chi connectivity index (χ1n) is 6.76. The summed E-state index contributed by atoms with van der Waals surface area (Å²) >= 11 is 0. The van der Waals surface area contributed by atoms with E-state index in [9.17, 15) is 13.2 Å². The lowest BCUT2D eigenvalue weighted by molar-refractivity contribution is 0.496. The van der Waals surface area contributed by atoms with Crippen molar-refractivity contribution < 1.29 is 13.2 Å². The minimum atomic E-state index is -1.18. The molecule has 0 aromatic heterocycles. The molecule has 0 aliphatic carbocycles. The second kappa shape index (κ2) is 5.31. The lowest BCUT2D eigenvalue weighted by Crippen LogP contribution is -2.12. The first-order valence-corrected chi connectivity index (χ1v) is 6.76. The van der Waals surface area contributed by atoms with Crippen LogP contribution in [0.15, 0.2) is 30.3 Å². The fourth-order valence-electron chi connectivity index (χ4n) is 2.59. The largest absolute Gasteiger partial charge is 0.379 e. The van der Waals surface area contributed by atoms with E-state index < -0.39 is 17.5 Å². The number of hydrogen-bond acceptors (Lipinski definition) is 2. The highest BCUT2D eigenvalue weighted by atomic mass is 19.2. The summed E-state index contributed by atoms with van der Waals surface area (Å²) in [6, 6.07) is 7.43. The molecule has 0 saturated heterocycles. The van der Waals surface area contributed by atoms with Crippen molar-refractivity contribution in [2.75, 3.05) is 23.8 Å². The topological polar surface area (TPSA) is 15.3 Å². The van der Waals surface area contributed by atoms with E-state index in [1.807, 2.05) is 19.2 Å². The minimum Gasteiger partial charge on any atom is -0.379 e. The SMILES string of the molecule is CN1CCc2cc(CNc3cc(F)c(F)cc3F)ccc21. The van der Waals surface area contributed by atoms with Gasteiger partial charge in [0, 0.05) is 38.0 Å². The van der Waals surface area contributed by atoms with Crippen LogP contribution in [-0.2, 0) is 13.0 Å². The van der Waals surface area contributed by atoms with Gasteiger partial charge in [-0.1, -0.05) is 12.1 Å². The third kappa shape index (κ3) is 2.68. The number of benzene rings is 2. The second-order valence-corrected chi connectivity index (χ2v) is 5.23. The molecule has 3 rings (SSSR count). The van der Waals surface area contributed by atoms with Crippen molar-refractivity contribution in [3.8, 4) is 0 Å². The van der Waals surface area contributed by atoms with Crippen LogP contribution in [0.25, 0.3) is 0 Å². The highest BCUT2D eigenvalue weighted by molar-refractivity contribution is 5.58. The molecule has 21 heavy (non-hydrogen) atoms. The molecule has 2 aromatic rings. The minimum absolute atomic E-state index is 0.0356. The van der Waals surface area contributed by atoms with Crippen LogP contribution in [0.1, 0.15) is 11.1 Å². The molecule has 0 saturated carbocycles. The third-order valence-corrected chi connectivity index (χ3v) is 3.76. The zero-order valence-electron chi connectivity index (χ0n) is 11.6. The number of anilines is 2. The highest BCUT2D eigenvalue weighted by Crippen LogP contribution is 2.28. The normalized spacial score (nSPS) is 13.4. The third-order valence-electron chi connectivity index (χ3n) is 3.76. The molecule has 110 valence electrons. The van der Waals surface area contributed by atoms with Gasteiger partial charge in [0.05, 0.1) is 5.69 Å². The molecule has 0 spiro atoms. The van der Waals surface area contributed by atoms with Crippen LogP contribution in [0.2, 0.25) is 0 Å². The average Bonchev–Trinajstić information content (AvgIpc) is 2.82. The number of likely N-dealkylation sites (N-methyl/N-ethyl adjacent to an activating group) is 1. The van der Waals surface area contributed by atoms with Gasteiger partial charge < -0.3 is 10.2 Å². The van der Waals surface area contributed by atoms with Crippen molar-refractivity contribution in [2.45, 2.75) is 13.0 Å². The number of nitrogens with zero attached hydrogens (tertiary/aromatic N) is 1. The van der Waals surface area contributed by atoms with Crippen LogP contribution in [0.4, 0.5) is 24.5 Å². The Labute approximate surface area is 121 Å². The van der Waals surface area contributed by atoms with E-state index in [-0.39, 0.29) is 5.69 Å². The number of rotatable bonds is 3. The second-order valence-electron chi connectivity index (χ2n) is 5.23. The maximum atomic E-state index is 13.5. The maximum Gasteiger partial charge on any atom is 0.161 e.